The summed E-state index contributed by atoms with van der Waals surface area (Å²) < 4.78 is 55.2. The summed E-state index contributed by atoms with van der Waals surface area (Å²) in [6, 6.07) is 1.22. The predicted octanol–water partition coefficient (Wildman–Crippen LogP) is 2.49. The molecule has 0 aliphatic carbocycles. The normalized spacial score (nSPS) is 13.9. The molecule has 0 aromatic heterocycles. The van der Waals surface area contributed by atoms with Crippen LogP contribution in [0.1, 0.15) is 17.2 Å². The lowest BCUT2D eigenvalue weighted by molar-refractivity contribution is -0.138. The molecule has 0 amide bonds. The van der Waals surface area contributed by atoms with Gasteiger partial charge < -0.3 is 10.5 Å². The van der Waals surface area contributed by atoms with Crippen molar-refractivity contribution in [1.82, 2.24) is 0 Å². The van der Waals surface area contributed by atoms with Crippen LogP contribution in [0.2, 0.25) is 0 Å². The zero-order valence-corrected chi connectivity index (χ0v) is 8.51. The van der Waals surface area contributed by atoms with Crippen LogP contribution in [0.15, 0.2) is 18.2 Å². The Morgan fingerprint density at radius 3 is 2.50 bits per heavy atom. The Morgan fingerprint density at radius 2 is 2.00 bits per heavy atom. The number of halogens is 4. The lowest BCUT2D eigenvalue weighted by atomic mass is 10.0. The zero-order chi connectivity index (χ0) is 12.3. The molecule has 0 saturated heterocycles. The maximum absolute atomic E-state index is 12.9. The van der Waals surface area contributed by atoms with Gasteiger partial charge in [-0.3, -0.25) is 0 Å². The third kappa shape index (κ3) is 2.93. The maximum Gasteiger partial charge on any atom is 0.416 e. The fourth-order valence-corrected chi connectivity index (χ4v) is 1.37. The summed E-state index contributed by atoms with van der Waals surface area (Å²) >= 11 is 0. The van der Waals surface area contributed by atoms with Gasteiger partial charge in [-0.15, -0.1) is 0 Å². The smallest absolute Gasteiger partial charge is 0.383 e. The highest BCUT2D eigenvalue weighted by Crippen LogP contribution is 2.34. The summed E-state index contributed by atoms with van der Waals surface area (Å²) in [4.78, 5) is 0. The molecule has 0 saturated carbocycles. The third-order valence-electron chi connectivity index (χ3n) is 2.06. The molecule has 0 radical (unpaired) electrons. The zero-order valence-electron chi connectivity index (χ0n) is 8.51. The first-order chi connectivity index (χ1) is 7.36. The van der Waals surface area contributed by atoms with E-state index < -0.39 is 23.6 Å². The Kier molecular flexibility index (Phi) is 3.88. The van der Waals surface area contributed by atoms with E-state index >= 15 is 0 Å². The Labute approximate surface area is 90.0 Å². The molecule has 2 nitrogen and oxygen atoms in total. The van der Waals surface area contributed by atoms with Crippen molar-refractivity contribution < 1.29 is 22.3 Å². The first-order valence-corrected chi connectivity index (χ1v) is 4.47. The summed E-state index contributed by atoms with van der Waals surface area (Å²) in [5.74, 6) is -0.755. The molecule has 90 valence electrons. The number of benzene rings is 1. The number of methoxy groups -OCH3 is 1. The highest BCUT2D eigenvalue weighted by atomic mass is 19.4. The molecule has 0 bridgehead atoms. The molecule has 16 heavy (non-hydrogen) atoms. The van der Waals surface area contributed by atoms with Gasteiger partial charge in [-0.25, -0.2) is 4.39 Å². The molecule has 6 heteroatoms. The van der Waals surface area contributed by atoms with Gasteiger partial charge in [0, 0.05) is 7.11 Å². The largest absolute Gasteiger partial charge is 0.416 e. The maximum atomic E-state index is 12.9. The second-order valence-electron chi connectivity index (χ2n) is 3.29. The van der Waals surface area contributed by atoms with Crippen LogP contribution in [0, 0.1) is 5.82 Å². The van der Waals surface area contributed by atoms with E-state index in [2.05, 4.69) is 4.74 Å². The van der Waals surface area contributed by atoms with Crippen molar-refractivity contribution in [2.45, 2.75) is 12.2 Å². The monoisotopic (exact) mass is 237 g/mol. The van der Waals surface area contributed by atoms with Gasteiger partial charge in [-0.05, 0) is 23.8 Å². The van der Waals surface area contributed by atoms with E-state index in [0.717, 1.165) is 12.1 Å². The number of nitrogens with two attached hydrogens (primary N) is 1. The first-order valence-electron chi connectivity index (χ1n) is 4.47. The molecule has 1 rings (SSSR count). The molecule has 1 aromatic rings. The van der Waals surface area contributed by atoms with Crippen molar-refractivity contribution >= 4 is 0 Å². The third-order valence-corrected chi connectivity index (χ3v) is 2.06. The topological polar surface area (TPSA) is 35.2 Å². The Balaban J connectivity index is 3.18. The standard InChI is InChI=1S/C10H11F4NO/c1-16-5-9(15)7-4-6(11)2-3-8(7)10(12,13)14/h2-4,9H,5,15H2,1H3. The van der Waals surface area contributed by atoms with Crippen molar-refractivity contribution in [3.63, 3.8) is 0 Å². The lowest BCUT2D eigenvalue weighted by Gasteiger charge is -2.17. The minimum Gasteiger partial charge on any atom is -0.383 e. The SMILES string of the molecule is COCC(N)c1cc(F)ccc1C(F)(F)F. The molecule has 1 unspecified atom stereocenters. The van der Waals surface area contributed by atoms with Crippen LogP contribution in [0.25, 0.3) is 0 Å². The minimum absolute atomic E-state index is 0.105. The van der Waals surface area contributed by atoms with Crippen LogP contribution < -0.4 is 5.73 Å². The van der Waals surface area contributed by atoms with E-state index in [1.54, 1.807) is 0 Å². The van der Waals surface area contributed by atoms with E-state index in [4.69, 9.17) is 5.73 Å². The second kappa shape index (κ2) is 4.80. The molecule has 0 aliphatic rings. The van der Waals surface area contributed by atoms with E-state index in [0.29, 0.717) is 6.07 Å². The molecule has 1 aromatic carbocycles. The summed E-state index contributed by atoms with van der Waals surface area (Å²) in [7, 11) is 1.31. The van der Waals surface area contributed by atoms with Gasteiger partial charge in [0.25, 0.3) is 0 Å². The lowest BCUT2D eigenvalue weighted by Crippen LogP contribution is -2.21. The molecule has 0 heterocycles. The summed E-state index contributed by atoms with van der Waals surface area (Å²) in [6.45, 7) is -0.105. The molecular formula is C10H11F4NO. The number of hydrogen-bond acceptors (Lipinski definition) is 2. The van der Waals surface area contributed by atoms with E-state index in [-0.39, 0.29) is 12.2 Å². The summed E-state index contributed by atoms with van der Waals surface area (Å²) in [5.41, 5.74) is 4.25. The van der Waals surface area contributed by atoms with Gasteiger partial charge in [0.15, 0.2) is 0 Å². The van der Waals surface area contributed by atoms with Crippen molar-refractivity contribution in [1.29, 1.82) is 0 Å². The van der Waals surface area contributed by atoms with Crippen LogP contribution in [0.3, 0.4) is 0 Å². The fraction of sp³-hybridized carbons (Fsp3) is 0.400. The number of alkyl halides is 3. The summed E-state index contributed by atoms with van der Waals surface area (Å²) in [5, 5.41) is 0. The van der Waals surface area contributed by atoms with Crippen molar-refractivity contribution in [3.05, 3.63) is 35.1 Å². The van der Waals surface area contributed by atoms with Gasteiger partial charge in [0.2, 0.25) is 0 Å². The van der Waals surface area contributed by atoms with Crippen molar-refractivity contribution in [2.24, 2.45) is 5.73 Å². The van der Waals surface area contributed by atoms with Crippen LogP contribution in [0.5, 0.6) is 0 Å². The minimum atomic E-state index is -4.55. The van der Waals surface area contributed by atoms with Crippen molar-refractivity contribution in [2.75, 3.05) is 13.7 Å². The molecule has 0 aliphatic heterocycles. The number of ether oxygens (including phenoxy) is 1. The van der Waals surface area contributed by atoms with Gasteiger partial charge in [-0.1, -0.05) is 0 Å². The van der Waals surface area contributed by atoms with E-state index in [1.165, 1.54) is 7.11 Å². The van der Waals surface area contributed by atoms with Crippen LogP contribution in [-0.4, -0.2) is 13.7 Å². The number of hydrogen-bond donors (Lipinski definition) is 1. The quantitative estimate of drug-likeness (QED) is 0.820. The number of rotatable bonds is 3. The second-order valence-corrected chi connectivity index (χ2v) is 3.29. The van der Waals surface area contributed by atoms with Gasteiger partial charge in [0.1, 0.15) is 5.82 Å². The Hall–Kier alpha value is -1.14. The van der Waals surface area contributed by atoms with Crippen LogP contribution in [0.4, 0.5) is 17.6 Å². The molecule has 0 spiro atoms. The van der Waals surface area contributed by atoms with Crippen LogP contribution in [-0.2, 0) is 10.9 Å². The van der Waals surface area contributed by atoms with E-state index in [9.17, 15) is 17.6 Å². The fourth-order valence-electron chi connectivity index (χ4n) is 1.37. The van der Waals surface area contributed by atoms with Crippen molar-refractivity contribution in [3.8, 4) is 0 Å². The Morgan fingerprint density at radius 1 is 1.38 bits per heavy atom. The molecular weight excluding hydrogens is 226 g/mol. The average molecular weight is 237 g/mol. The highest BCUT2D eigenvalue weighted by molar-refractivity contribution is 5.33. The molecule has 0 fully saturated rings. The average Bonchev–Trinajstić information content (AvgIpc) is 2.16. The summed E-state index contributed by atoms with van der Waals surface area (Å²) in [6.07, 6.45) is -4.55. The van der Waals surface area contributed by atoms with Gasteiger partial charge >= 0.3 is 6.18 Å². The van der Waals surface area contributed by atoms with E-state index in [1.807, 2.05) is 0 Å². The molecule has 2 N–H and O–H groups in total. The highest BCUT2D eigenvalue weighted by Gasteiger charge is 2.34. The Bertz CT molecular complexity index is 364. The predicted molar refractivity (Wildman–Crippen MR) is 50.2 cm³/mol. The molecule has 1 atom stereocenters. The van der Waals surface area contributed by atoms with Gasteiger partial charge in [-0.2, -0.15) is 13.2 Å². The first kappa shape index (κ1) is 12.9. The van der Waals surface area contributed by atoms with Crippen LogP contribution >= 0.6 is 0 Å². The van der Waals surface area contributed by atoms with Gasteiger partial charge in [0.05, 0.1) is 18.2 Å².